The number of ether oxygens (including phenoxy) is 1. The predicted octanol–water partition coefficient (Wildman–Crippen LogP) is 2.51. The van der Waals surface area contributed by atoms with Crippen molar-refractivity contribution in [2.24, 2.45) is 0 Å². The lowest BCUT2D eigenvalue weighted by atomic mass is 10.3. The van der Waals surface area contributed by atoms with E-state index in [0.717, 1.165) is 24.3 Å². The van der Waals surface area contributed by atoms with Crippen LogP contribution in [0, 0.1) is 5.82 Å². The minimum absolute atomic E-state index is 0.0761. The Hall–Kier alpha value is -2.19. The molecule has 8 heteroatoms. The molecule has 22 heavy (non-hydrogen) atoms. The number of rotatable bonds is 4. The van der Waals surface area contributed by atoms with Crippen molar-refractivity contribution >= 4 is 33.0 Å². The summed E-state index contributed by atoms with van der Waals surface area (Å²) in [6.07, 6.45) is 0. The number of anilines is 1. The monoisotopic (exact) mass is 340 g/mol. The molecule has 2 aromatic carbocycles. The van der Waals surface area contributed by atoms with Crippen molar-refractivity contribution in [1.29, 1.82) is 0 Å². The predicted molar refractivity (Wildman–Crippen MR) is 85.9 cm³/mol. The summed E-state index contributed by atoms with van der Waals surface area (Å²) in [5.74, 6) is 0.154. The first-order valence-electron chi connectivity index (χ1n) is 6.14. The largest absolute Gasteiger partial charge is 0.497 e. The molecule has 0 saturated carbocycles. The highest BCUT2D eigenvalue weighted by Gasteiger charge is 2.15. The van der Waals surface area contributed by atoms with Crippen LogP contribution >= 0.6 is 12.2 Å². The van der Waals surface area contributed by atoms with E-state index in [-0.39, 0.29) is 10.0 Å². The van der Waals surface area contributed by atoms with Gasteiger partial charge in [-0.15, -0.1) is 0 Å². The van der Waals surface area contributed by atoms with Crippen molar-refractivity contribution in [3.63, 3.8) is 0 Å². The summed E-state index contributed by atoms with van der Waals surface area (Å²) in [6.45, 7) is 0. The molecule has 2 aromatic rings. The minimum Gasteiger partial charge on any atom is -0.497 e. The molecule has 0 amide bonds. The van der Waals surface area contributed by atoms with E-state index in [1.165, 1.54) is 0 Å². The molecule has 0 atom stereocenters. The standard InChI is InChI=1S/C14H13FN2O3S2/c1-20-12-6-4-11(5-7-12)16-14(21)17-22(18,19)13-8-2-10(15)3-9-13/h2-9H,1H3,(H2,16,17,21). The molecule has 0 radical (unpaired) electrons. The zero-order valence-electron chi connectivity index (χ0n) is 11.5. The molecule has 0 heterocycles. The average molecular weight is 340 g/mol. The van der Waals surface area contributed by atoms with E-state index in [0.29, 0.717) is 11.4 Å². The topological polar surface area (TPSA) is 67.4 Å². The molecule has 0 aliphatic heterocycles. The summed E-state index contributed by atoms with van der Waals surface area (Å²) in [5.41, 5.74) is 0.604. The third-order valence-corrected chi connectivity index (χ3v) is 4.40. The van der Waals surface area contributed by atoms with E-state index in [1.54, 1.807) is 31.4 Å². The molecule has 2 rings (SSSR count). The Kier molecular flexibility index (Phi) is 4.94. The van der Waals surface area contributed by atoms with Gasteiger partial charge in [-0.1, -0.05) is 0 Å². The minimum atomic E-state index is -3.85. The molecule has 0 saturated heterocycles. The van der Waals surface area contributed by atoms with Crippen LogP contribution in [0.25, 0.3) is 0 Å². The second kappa shape index (κ2) is 6.71. The van der Waals surface area contributed by atoms with Gasteiger partial charge in [-0.2, -0.15) is 0 Å². The quantitative estimate of drug-likeness (QED) is 0.837. The summed E-state index contributed by atoms with van der Waals surface area (Å²) >= 11 is 4.96. The Balaban J connectivity index is 2.05. The fourth-order valence-electron chi connectivity index (χ4n) is 1.63. The molecule has 5 nitrogen and oxygen atoms in total. The van der Waals surface area contributed by atoms with Gasteiger partial charge in [0.2, 0.25) is 0 Å². The number of thiocarbonyl (C=S) groups is 1. The van der Waals surface area contributed by atoms with E-state index >= 15 is 0 Å². The summed E-state index contributed by atoms with van der Waals surface area (Å²) < 4.78 is 44.2. The molecule has 0 aliphatic rings. The van der Waals surface area contributed by atoms with Gasteiger partial charge in [0.05, 0.1) is 12.0 Å². The van der Waals surface area contributed by atoms with Crippen molar-refractivity contribution in [2.75, 3.05) is 12.4 Å². The van der Waals surface area contributed by atoms with Crippen LogP contribution in [-0.4, -0.2) is 20.6 Å². The lowest BCUT2D eigenvalue weighted by Crippen LogP contribution is -2.34. The van der Waals surface area contributed by atoms with Gasteiger partial charge in [0.1, 0.15) is 11.6 Å². The molecule has 0 spiro atoms. The summed E-state index contributed by atoms with van der Waals surface area (Å²) in [4.78, 5) is -0.0761. The molecule has 0 aliphatic carbocycles. The van der Waals surface area contributed by atoms with Crippen LogP contribution in [0.1, 0.15) is 0 Å². The van der Waals surface area contributed by atoms with Crippen LogP contribution in [-0.2, 0) is 10.0 Å². The highest BCUT2D eigenvalue weighted by molar-refractivity contribution is 7.92. The molecular weight excluding hydrogens is 327 g/mol. The third-order valence-electron chi connectivity index (χ3n) is 2.70. The fourth-order valence-corrected chi connectivity index (χ4v) is 2.98. The lowest BCUT2D eigenvalue weighted by Gasteiger charge is -2.11. The highest BCUT2D eigenvalue weighted by atomic mass is 32.2. The Morgan fingerprint density at radius 3 is 2.23 bits per heavy atom. The molecule has 0 bridgehead atoms. The average Bonchev–Trinajstić information content (AvgIpc) is 2.48. The van der Waals surface area contributed by atoms with Crippen LogP contribution in [0.2, 0.25) is 0 Å². The fraction of sp³-hybridized carbons (Fsp3) is 0.0714. The van der Waals surface area contributed by atoms with Gasteiger partial charge >= 0.3 is 0 Å². The van der Waals surface area contributed by atoms with Crippen LogP contribution in [0.15, 0.2) is 53.4 Å². The number of hydrogen-bond donors (Lipinski definition) is 2. The first-order valence-corrected chi connectivity index (χ1v) is 8.03. The Morgan fingerprint density at radius 1 is 1.09 bits per heavy atom. The van der Waals surface area contributed by atoms with Gasteiger partial charge in [-0.3, -0.25) is 4.72 Å². The van der Waals surface area contributed by atoms with Gasteiger partial charge in [0.15, 0.2) is 5.11 Å². The summed E-state index contributed by atoms with van der Waals surface area (Å²) in [6, 6.07) is 11.2. The Labute approximate surface area is 133 Å². The normalized spacial score (nSPS) is 10.8. The maximum absolute atomic E-state index is 12.8. The van der Waals surface area contributed by atoms with E-state index in [1.807, 2.05) is 0 Å². The number of methoxy groups -OCH3 is 1. The first-order chi connectivity index (χ1) is 10.4. The number of hydrogen-bond acceptors (Lipinski definition) is 4. The van der Waals surface area contributed by atoms with Crippen molar-refractivity contribution in [3.05, 3.63) is 54.3 Å². The molecule has 2 N–H and O–H groups in total. The zero-order chi connectivity index (χ0) is 16.2. The van der Waals surface area contributed by atoms with E-state index < -0.39 is 15.8 Å². The number of sulfonamides is 1. The Morgan fingerprint density at radius 2 is 1.68 bits per heavy atom. The Bertz CT molecular complexity index is 760. The van der Waals surface area contributed by atoms with Crippen molar-refractivity contribution in [2.45, 2.75) is 4.90 Å². The van der Waals surface area contributed by atoms with Gasteiger partial charge in [-0.25, -0.2) is 12.8 Å². The van der Waals surface area contributed by atoms with Gasteiger partial charge in [0, 0.05) is 5.69 Å². The molecule has 0 fully saturated rings. The van der Waals surface area contributed by atoms with Gasteiger partial charge in [-0.05, 0) is 60.7 Å². The van der Waals surface area contributed by atoms with Crippen molar-refractivity contribution < 1.29 is 17.5 Å². The maximum atomic E-state index is 12.8. The third kappa shape index (κ3) is 4.15. The summed E-state index contributed by atoms with van der Waals surface area (Å²) in [5, 5.41) is 2.65. The van der Waals surface area contributed by atoms with Crippen molar-refractivity contribution in [1.82, 2.24) is 4.72 Å². The highest BCUT2D eigenvalue weighted by Crippen LogP contribution is 2.15. The van der Waals surface area contributed by atoms with Gasteiger partial charge < -0.3 is 10.1 Å². The van der Waals surface area contributed by atoms with Gasteiger partial charge in [0.25, 0.3) is 10.0 Å². The SMILES string of the molecule is COc1ccc(NC(=S)NS(=O)(=O)c2ccc(F)cc2)cc1. The van der Waals surface area contributed by atoms with E-state index in [2.05, 4.69) is 10.0 Å². The molecule has 0 unspecified atom stereocenters. The van der Waals surface area contributed by atoms with Crippen LogP contribution in [0.4, 0.5) is 10.1 Å². The second-order valence-electron chi connectivity index (χ2n) is 4.24. The first kappa shape index (κ1) is 16.2. The second-order valence-corrected chi connectivity index (χ2v) is 6.33. The van der Waals surface area contributed by atoms with Crippen LogP contribution in [0.5, 0.6) is 5.75 Å². The van der Waals surface area contributed by atoms with Crippen LogP contribution < -0.4 is 14.8 Å². The maximum Gasteiger partial charge on any atom is 0.263 e. The number of benzene rings is 2. The van der Waals surface area contributed by atoms with Crippen LogP contribution in [0.3, 0.4) is 0 Å². The lowest BCUT2D eigenvalue weighted by molar-refractivity contribution is 0.415. The van der Waals surface area contributed by atoms with E-state index in [9.17, 15) is 12.8 Å². The molecular formula is C14H13FN2O3S2. The smallest absolute Gasteiger partial charge is 0.263 e. The molecule has 0 aromatic heterocycles. The summed E-state index contributed by atoms with van der Waals surface area (Å²) in [7, 11) is -2.31. The number of halogens is 1. The number of nitrogens with one attached hydrogen (secondary N) is 2. The zero-order valence-corrected chi connectivity index (χ0v) is 13.2. The molecule has 116 valence electrons. The van der Waals surface area contributed by atoms with E-state index in [4.69, 9.17) is 17.0 Å². The van der Waals surface area contributed by atoms with Crippen molar-refractivity contribution in [3.8, 4) is 5.75 Å².